The van der Waals surface area contributed by atoms with Crippen LogP contribution in [0.3, 0.4) is 0 Å². The summed E-state index contributed by atoms with van der Waals surface area (Å²) in [6.45, 7) is 7.94. The standard InChI is InChI=1S/C15H22N2O2/c1-4-9-16-15(19)13(8-10-18)17-14-11(2)6-5-7-12(14)3/h4-7,13,17-18H,1,8-10H2,2-3H3,(H,16,19). The van der Waals surface area contributed by atoms with Crippen LogP contribution in [-0.2, 0) is 4.79 Å². The first-order chi connectivity index (χ1) is 9.10. The molecule has 1 aromatic carbocycles. The Balaban J connectivity index is 2.83. The Hall–Kier alpha value is -1.81. The van der Waals surface area contributed by atoms with Crippen molar-refractivity contribution in [2.75, 3.05) is 18.5 Å². The Bertz CT molecular complexity index is 424. The average Bonchev–Trinajstić information content (AvgIpc) is 2.39. The van der Waals surface area contributed by atoms with Crippen LogP contribution in [0.5, 0.6) is 0 Å². The number of aliphatic hydroxyl groups is 1. The van der Waals surface area contributed by atoms with Crippen molar-refractivity contribution < 1.29 is 9.90 Å². The van der Waals surface area contributed by atoms with E-state index in [1.807, 2.05) is 32.0 Å². The van der Waals surface area contributed by atoms with Crippen LogP contribution in [-0.4, -0.2) is 30.2 Å². The number of hydrogen-bond donors (Lipinski definition) is 3. The number of nitrogens with one attached hydrogen (secondary N) is 2. The number of hydrogen-bond acceptors (Lipinski definition) is 3. The van der Waals surface area contributed by atoms with Crippen LogP contribution < -0.4 is 10.6 Å². The number of carbonyl (C=O) groups is 1. The van der Waals surface area contributed by atoms with Gasteiger partial charge in [0, 0.05) is 18.8 Å². The van der Waals surface area contributed by atoms with Gasteiger partial charge in [0.1, 0.15) is 6.04 Å². The first-order valence-electron chi connectivity index (χ1n) is 6.42. The second-order valence-corrected chi connectivity index (χ2v) is 4.51. The fourth-order valence-corrected chi connectivity index (χ4v) is 1.91. The topological polar surface area (TPSA) is 61.4 Å². The summed E-state index contributed by atoms with van der Waals surface area (Å²) in [6, 6.07) is 5.53. The molecule has 0 aliphatic carbocycles. The van der Waals surface area contributed by atoms with Gasteiger partial charge in [0.25, 0.3) is 0 Å². The first-order valence-corrected chi connectivity index (χ1v) is 6.42. The minimum atomic E-state index is -0.440. The maximum Gasteiger partial charge on any atom is 0.242 e. The predicted molar refractivity (Wildman–Crippen MR) is 78.2 cm³/mol. The van der Waals surface area contributed by atoms with E-state index in [9.17, 15) is 4.79 Å². The van der Waals surface area contributed by atoms with Crippen LogP contribution in [0.4, 0.5) is 5.69 Å². The van der Waals surface area contributed by atoms with Crippen molar-refractivity contribution in [3.63, 3.8) is 0 Å². The molecule has 0 bridgehead atoms. The van der Waals surface area contributed by atoms with E-state index in [1.165, 1.54) is 0 Å². The molecule has 19 heavy (non-hydrogen) atoms. The highest BCUT2D eigenvalue weighted by molar-refractivity contribution is 5.85. The molecule has 0 aliphatic rings. The third-order valence-electron chi connectivity index (χ3n) is 2.95. The van der Waals surface area contributed by atoms with E-state index in [0.29, 0.717) is 13.0 Å². The zero-order valence-electron chi connectivity index (χ0n) is 11.6. The van der Waals surface area contributed by atoms with Gasteiger partial charge in [-0.1, -0.05) is 24.3 Å². The quantitative estimate of drug-likeness (QED) is 0.656. The highest BCUT2D eigenvalue weighted by Gasteiger charge is 2.18. The van der Waals surface area contributed by atoms with Crippen LogP contribution >= 0.6 is 0 Å². The van der Waals surface area contributed by atoms with Crippen LogP contribution in [0, 0.1) is 13.8 Å². The molecule has 4 heteroatoms. The fourth-order valence-electron chi connectivity index (χ4n) is 1.91. The van der Waals surface area contributed by atoms with E-state index >= 15 is 0 Å². The van der Waals surface area contributed by atoms with Gasteiger partial charge in [0.15, 0.2) is 0 Å². The smallest absolute Gasteiger partial charge is 0.242 e. The summed E-state index contributed by atoms with van der Waals surface area (Å²) in [4.78, 5) is 12.0. The fraction of sp³-hybridized carbons (Fsp3) is 0.400. The number of rotatable bonds is 7. The van der Waals surface area contributed by atoms with Crippen LogP contribution in [0.15, 0.2) is 30.9 Å². The largest absolute Gasteiger partial charge is 0.396 e. The van der Waals surface area contributed by atoms with Crippen molar-refractivity contribution in [1.29, 1.82) is 0 Å². The second kappa shape index (κ2) is 7.59. The highest BCUT2D eigenvalue weighted by Crippen LogP contribution is 2.20. The van der Waals surface area contributed by atoms with Gasteiger partial charge < -0.3 is 15.7 Å². The van der Waals surface area contributed by atoms with Gasteiger partial charge in [-0.15, -0.1) is 6.58 Å². The summed E-state index contributed by atoms with van der Waals surface area (Å²) in [5.41, 5.74) is 3.12. The number of benzene rings is 1. The van der Waals surface area contributed by atoms with E-state index in [-0.39, 0.29) is 12.5 Å². The first kappa shape index (κ1) is 15.2. The Kier molecular flexibility index (Phi) is 6.09. The second-order valence-electron chi connectivity index (χ2n) is 4.51. The molecule has 3 N–H and O–H groups in total. The molecule has 0 fully saturated rings. The molecule has 1 atom stereocenters. The highest BCUT2D eigenvalue weighted by atomic mass is 16.3. The minimum absolute atomic E-state index is 0.0376. The molecule has 104 valence electrons. The third kappa shape index (κ3) is 4.41. The molecule has 0 saturated heterocycles. The number of aliphatic hydroxyl groups excluding tert-OH is 1. The van der Waals surface area contributed by atoms with Crippen LogP contribution in [0.2, 0.25) is 0 Å². The molecule has 1 unspecified atom stereocenters. The normalized spacial score (nSPS) is 11.7. The number of carbonyl (C=O) groups excluding carboxylic acids is 1. The van der Waals surface area contributed by atoms with Crippen molar-refractivity contribution >= 4 is 11.6 Å². The van der Waals surface area contributed by atoms with E-state index in [4.69, 9.17) is 5.11 Å². The number of anilines is 1. The maximum atomic E-state index is 12.0. The molecule has 1 aromatic rings. The molecule has 0 heterocycles. The van der Waals surface area contributed by atoms with Gasteiger partial charge in [-0.2, -0.15) is 0 Å². The zero-order valence-corrected chi connectivity index (χ0v) is 11.6. The van der Waals surface area contributed by atoms with Gasteiger partial charge in [0.2, 0.25) is 5.91 Å². The SMILES string of the molecule is C=CCNC(=O)C(CCO)Nc1c(C)cccc1C. The van der Waals surface area contributed by atoms with E-state index < -0.39 is 6.04 Å². The Morgan fingerprint density at radius 3 is 2.58 bits per heavy atom. The molecule has 1 amide bonds. The monoisotopic (exact) mass is 262 g/mol. The molecule has 0 aromatic heterocycles. The molecule has 0 spiro atoms. The molecule has 4 nitrogen and oxygen atoms in total. The Morgan fingerprint density at radius 1 is 1.42 bits per heavy atom. The summed E-state index contributed by atoms with van der Waals surface area (Å²) < 4.78 is 0. The molecule has 0 aliphatic heterocycles. The Morgan fingerprint density at radius 2 is 2.05 bits per heavy atom. The number of aryl methyl sites for hydroxylation is 2. The van der Waals surface area contributed by atoms with Crippen molar-refractivity contribution in [3.8, 4) is 0 Å². The van der Waals surface area contributed by atoms with Gasteiger partial charge in [-0.3, -0.25) is 4.79 Å². The number of amides is 1. The van der Waals surface area contributed by atoms with Gasteiger partial charge in [-0.25, -0.2) is 0 Å². The molecular weight excluding hydrogens is 240 g/mol. The van der Waals surface area contributed by atoms with E-state index in [2.05, 4.69) is 17.2 Å². The van der Waals surface area contributed by atoms with Crippen LogP contribution in [0.25, 0.3) is 0 Å². The summed E-state index contributed by atoms with van der Waals surface area (Å²) in [5.74, 6) is -0.128. The van der Waals surface area contributed by atoms with E-state index in [0.717, 1.165) is 16.8 Å². The zero-order chi connectivity index (χ0) is 14.3. The Labute approximate surface area is 114 Å². The summed E-state index contributed by atoms with van der Waals surface area (Å²) in [7, 11) is 0. The summed E-state index contributed by atoms with van der Waals surface area (Å²) in [6.07, 6.45) is 2.00. The van der Waals surface area contributed by atoms with Gasteiger partial charge in [0.05, 0.1) is 0 Å². The molecule has 0 saturated carbocycles. The summed E-state index contributed by atoms with van der Waals surface area (Å²) >= 11 is 0. The predicted octanol–water partition coefficient (Wildman–Crippen LogP) is 1.77. The lowest BCUT2D eigenvalue weighted by atomic mass is 10.1. The lowest BCUT2D eigenvalue weighted by molar-refractivity contribution is -0.121. The minimum Gasteiger partial charge on any atom is -0.396 e. The molecular formula is C15H22N2O2. The molecule has 1 rings (SSSR count). The van der Waals surface area contributed by atoms with Crippen LogP contribution in [0.1, 0.15) is 17.5 Å². The van der Waals surface area contributed by atoms with Gasteiger partial charge >= 0.3 is 0 Å². The van der Waals surface area contributed by atoms with Crippen molar-refractivity contribution in [1.82, 2.24) is 5.32 Å². The van der Waals surface area contributed by atoms with Crippen molar-refractivity contribution in [2.24, 2.45) is 0 Å². The lowest BCUT2D eigenvalue weighted by Gasteiger charge is -2.21. The third-order valence-corrected chi connectivity index (χ3v) is 2.95. The summed E-state index contributed by atoms with van der Waals surface area (Å²) in [5, 5.41) is 15.1. The number of para-hydroxylation sites is 1. The lowest BCUT2D eigenvalue weighted by Crippen LogP contribution is -2.40. The van der Waals surface area contributed by atoms with Crippen molar-refractivity contribution in [2.45, 2.75) is 26.3 Å². The maximum absolute atomic E-state index is 12.0. The molecule has 0 radical (unpaired) electrons. The average molecular weight is 262 g/mol. The van der Waals surface area contributed by atoms with E-state index in [1.54, 1.807) is 6.08 Å². The van der Waals surface area contributed by atoms with Crippen molar-refractivity contribution in [3.05, 3.63) is 42.0 Å². The van der Waals surface area contributed by atoms with Gasteiger partial charge in [-0.05, 0) is 31.4 Å².